The first-order chi connectivity index (χ1) is 12.9. The molecule has 1 atom stereocenters. The molecule has 140 valence electrons. The predicted molar refractivity (Wildman–Crippen MR) is 100 cm³/mol. The van der Waals surface area contributed by atoms with Crippen LogP contribution in [0.15, 0.2) is 48.5 Å². The van der Waals surface area contributed by atoms with Crippen molar-refractivity contribution >= 4 is 29.1 Å². The number of Topliss-reactive ketones (excluding diaryl/α,β-unsaturated/α-hetero) is 1. The summed E-state index contributed by atoms with van der Waals surface area (Å²) in [7, 11) is 0. The van der Waals surface area contributed by atoms with Crippen LogP contribution in [0.2, 0.25) is 0 Å². The fraction of sp³-hybridized carbons (Fsp3) is 0.250. The van der Waals surface area contributed by atoms with Gasteiger partial charge in [0.1, 0.15) is 11.9 Å². The number of urea groups is 1. The molecule has 2 aromatic carbocycles. The Morgan fingerprint density at radius 2 is 1.78 bits per heavy atom. The molecule has 6 nitrogen and oxygen atoms in total. The van der Waals surface area contributed by atoms with Gasteiger partial charge in [-0.2, -0.15) is 0 Å². The molecule has 0 radical (unpaired) electrons. The van der Waals surface area contributed by atoms with E-state index < -0.39 is 12.1 Å². The summed E-state index contributed by atoms with van der Waals surface area (Å²) in [6.07, 6.45) is 1.26. The highest BCUT2D eigenvalue weighted by atomic mass is 19.1. The summed E-state index contributed by atoms with van der Waals surface area (Å²) in [5.74, 6) is -0.793. The van der Waals surface area contributed by atoms with E-state index >= 15 is 0 Å². The van der Waals surface area contributed by atoms with E-state index in [-0.39, 0.29) is 17.5 Å². The molecular weight excluding hydrogens is 349 g/mol. The summed E-state index contributed by atoms with van der Waals surface area (Å²) in [4.78, 5) is 38.1. The van der Waals surface area contributed by atoms with Crippen molar-refractivity contribution in [2.45, 2.75) is 25.8 Å². The SMILES string of the molecule is CC(=O)c1cccc(NC(=O)N2CCC[C@H]2C(=O)Nc2ccc(F)cc2)c1. The third kappa shape index (κ3) is 4.49. The number of amides is 3. The first kappa shape index (κ1) is 18.6. The van der Waals surface area contributed by atoms with Gasteiger partial charge >= 0.3 is 6.03 Å². The van der Waals surface area contributed by atoms with Crippen molar-refractivity contribution in [3.63, 3.8) is 0 Å². The Kier molecular flexibility index (Phi) is 5.49. The Morgan fingerprint density at radius 1 is 1.04 bits per heavy atom. The number of rotatable bonds is 4. The predicted octanol–water partition coefficient (Wildman–Crippen LogP) is 3.66. The molecule has 0 saturated carbocycles. The molecule has 1 aliphatic heterocycles. The minimum Gasteiger partial charge on any atom is -0.324 e. The van der Waals surface area contributed by atoms with Crippen LogP contribution in [0.4, 0.5) is 20.6 Å². The Morgan fingerprint density at radius 3 is 2.48 bits per heavy atom. The number of nitrogens with one attached hydrogen (secondary N) is 2. The summed E-state index contributed by atoms with van der Waals surface area (Å²) in [5.41, 5.74) is 1.47. The molecule has 3 amide bonds. The second kappa shape index (κ2) is 7.99. The van der Waals surface area contributed by atoms with E-state index in [1.807, 2.05) is 0 Å². The van der Waals surface area contributed by atoms with Crippen molar-refractivity contribution in [2.24, 2.45) is 0 Å². The zero-order valence-electron chi connectivity index (χ0n) is 14.9. The highest BCUT2D eigenvalue weighted by Crippen LogP contribution is 2.21. The number of carbonyl (C=O) groups excluding carboxylic acids is 3. The molecule has 0 aliphatic carbocycles. The van der Waals surface area contributed by atoms with Crippen molar-refractivity contribution in [1.82, 2.24) is 4.90 Å². The zero-order valence-corrected chi connectivity index (χ0v) is 14.9. The average molecular weight is 369 g/mol. The zero-order chi connectivity index (χ0) is 19.4. The highest BCUT2D eigenvalue weighted by Gasteiger charge is 2.34. The van der Waals surface area contributed by atoms with E-state index in [9.17, 15) is 18.8 Å². The molecule has 0 spiro atoms. The lowest BCUT2D eigenvalue weighted by Crippen LogP contribution is -2.45. The van der Waals surface area contributed by atoms with E-state index in [1.54, 1.807) is 24.3 Å². The maximum Gasteiger partial charge on any atom is 0.322 e. The molecule has 1 heterocycles. The molecule has 0 unspecified atom stereocenters. The van der Waals surface area contributed by atoms with Crippen LogP contribution < -0.4 is 10.6 Å². The molecule has 1 fully saturated rings. The Labute approximate surface area is 156 Å². The van der Waals surface area contributed by atoms with Gasteiger partial charge < -0.3 is 15.5 Å². The van der Waals surface area contributed by atoms with Gasteiger partial charge in [-0.05, 0) is 56.2 Å². The summed E-state index contributed by atoms with van der Waals surface area (Å²) in [6.45, 7) is 1.91. The van der Waals surface area contributed by atoms with Crippen LogP contribution in [-0.2, 0) is 4.79 Å². The van der Waals surface area contributed by atoms with Crippen LogP contribution in [0, 0.1) is 5.82 Å². The minimum absolute atomic E-state index is 0.0937. The second-order valence-electron chi connectivity index (χ2n) is 6.41. The lowest BCUT2D eigenvalue weighted by atomic mass is 10.1. The fourth-order valence-electron chi connectivity index (χ4n) is 3.05. The molecule has 3 rings (SSSR count). The number of nitrogens with zero attached hydrogens (tertiary/aromatic N) is 1. The van der Waals surface area contributed by atoms with E-state index in [0.29, 0.717) is 36.3 Å². The van der Waals surface area contributed by atoms with Crippen molar-refractivity contribution in [3.8, 4) is 0 Å². The number of likely N-dealkylation sites (tertiary alicyclic amines) is 1. The van der Waals surface area contributed by atoms with Gasteiger partial charge in [0.2, 0.25) is 5.91 Å². The number of hydrogen-bond acceptors (Lipinski definition) is 3. The van der Waals surface area contributed by atoms with Gasteiger partial charge in [-0.15, -0.1) is 0 Å². The van der Waals surface area contributed by atoms with Crippen LogP contribution in [0.5, 0.6) is 0 Å². The normalized spacial score (nSPS) is 16.1. The van der Waals surface area contributed by atoms with E-state index in [0.717, 1.165) is 0 Å². The smallest absolute Gasteiger partial charge is 0.322 e. The summed E-state index contributed by atoms with van der Waals surface area (Å²) >= 11 is 0. The average Bonchev–Trinajstić information content (AvgIpc) is 3.14. The third-order valence-corrected chi connectivity index (χ3v) is 4.45. The largest absolute Gasteiger partial charge is 0.324 e. The number of halogens is 1. The number of benzene rings is 2. The van der Waals surface area contributed by atoms with Crippen LogP contribution >= 0.6 is 0 Å². The first-order valence-corrected chi connectivity index (χ1v) is 8.69. The van der Waals surface area contributed by atoms with Crippen LogP contribution in [0.1, 0.15) is 30.1 Å². The van der Waals surface area contributed by atoms with Gasteiger partial charge in [0.25, 0.3) is 0 Å². The van der Waals surface area contributed by atoms with Crippen molar-refractivity contribution in [3.05, 3.63) is 59.9 Å². The number of hydrogen-bond donors (Lipinski definition) is 2. The van der Waals surface area contributed by atoms with Gasteiger partial charge in [-0.25, -0.2) is 9.18 Å². The monoisotopic (exact) mass is 369 g/mol. The lowest BCUT2D eigenvalue weighted by molar-refractivity contribution is -0.119. The highest BCUT2D eigenvalue weighted by molar-refractivity contribution is 6.00. The molecule has 1 saturated heterocycles. The van der Waals surface area contributed by atoms with E-state index in [4.69, 9.17) is 0 Å². The topological polar surface area (TPSA) is 78.5 Å². The van der Waals surface area contributed by atoms with Crippen molar-refractivity contribution in [1.29, 1.82) is 0 Å². The lowest BCUT2D eigenvalue weighted by Gasteiger charge is -2.24. The second-order valence-corrected chi connectivity index (χ2v) is 6.41. The van der Waals surface area contributed by atoms with Crippen LogP contribution in [-0.4, -0.2) is 35.2 Å². The van der Waals surface area contributed by atoms with Crippen molar-refractivity contribution in [2.75, 3.05) is 17.2 Å². The van der Waals surface area contributed by atoms with Gasteiger partial charge in [0.05, 0.1) is 0 Å². The number of ketones is 1. The van der Waals surface area contributed by atoms with Crippen LogP contribution in [0.3, 0.4) is 0 Å². The Bertz CT molecular complexity index is 867. The third-order valence-electron chi connectivity index (χ3n) is 4.45. The van der Waals surface area contributed by atoms with E-state index in [2.05, 4.69) is 10.6 Å². The first-order valence-electron chi connectivity index (χ1n) is 8.69. The minimum atomic E-state index is -0.606. The molecule has 7 heteroatoms. The molecular formula is C20H20FN3O3. The summed E-state index contributed by atoms with van der Waals surface area (Å²) < 4.78 is 13.0. The van der Waals surface area contributed by atoms with E-state index in [1.165, 1.54) is 36.1 Å². The Balaban J connectivity index is 1.67. The number of carbonyl (C=O) groups is 3. The molecule has 2 aromatic rings. The van der Waals surface area contributed by atoms with Gasteiger partial charge in [-0.3, -0.25) is 9.59 Å². The fourth-order valence-corrected chi connectivity index (χ4v) is 3.05. The molecule has 0 bridgehead atoms. The maximum atomic E-state index is 13.0. The summed E-state index contributed by atoms with van der Waals surface area (Å²) in [6, 6.07) is 11.1. The van der Waals surface area contributed by atoms with Gasteiger partial charge in [-0.1, -0.05) is 12.1 Å². The molecule has 1 aliphatic rings. The number of anilines is 2. The van der Waals surface area contributed by atoms with Gasteiger partial charge in [0, 0.05) is 23.5 Å². The Hall–Kier alpha value is -3.22. The quantitative estimate of drug-likeness (QED) is 0.807. The standard InChI is InChI=1S/C20H20FN3O3/c1-13(25)14-4-2-5-17(12-14)23-20(27)24-11-3-6-18(24)19(26)22-16-9-7-15(21)8-10-16/h2,4-5,7-10,12,18H,3,6,11H2,1H3,(H,22,26)(H,23,27)/t18-/m0/s1. The molecule has 2 N–H and O–H groups in total. The van der Waals surface area contributed by atoms with Crippen molar-refractivity contribution < 1.29 is 18.8 Å². The van der Waals surface area contributed by atoms with Gasteiger partial charge in [0.15, 0.2) is 5.78 Å². The molecule has 27 heavy (non-hydrogen) atoms. The summed E-state index contributed by atoms with van der Waals surface area (Å²) in [5, 5.41) is 5.45. The van der Waals surface area contributed by atoms with Crippen LogP contribution in [0.25, 0.3) is 0 Å². The maximum absolute atomic E-state index is 13.0. The molecule has 0 aromatic heterocycles.